The first kappa shape index (κ1) is 14.8. The van der Waals surface area contributed by atoms with Crippen molar-refractivity contribution >= 4 is 23.0 Å². The Hall–Kier alpha value is -3.08. The maximum Gasteiger partial charge on any atom is 0.271 e. The quantitative estimate of drug-likeness (QED) is 0.595. The molecule has 0 fully saturated rings. The Balaban J connectivity index is 1.76. The molecule has 3 aromatic rings. The van der Waals surface area contributed by atoms with E-state index in [2.05, 4.69) is 10.5 Å². The van der Waals surface area contributed by atoms with Gasteiger partial charge >= 0.3 is 0 Å². The summed E-state index contributed by atoms with van der Waals surface area (Å²) in [4.78, 5) is 12.1. The van der Waals surface area contributed by atoms with E-state index in [1.165, 1.54) is 0 Å². The minimum atomic E-state index is -0.277. The molecule has 0 saturated carbocycles. The number of benzene rings is 2. The van der Waals surface area contributed by atoms with Gasteiger partial charge in [0, 0.05) is 35.3 Å². The summed E-state index contributed by atoms with van der Waals surface area (Å²) < 4.78 is 7.14. The summed E-state index contributed by atoms with van der Waals surface area (Å²) in [6, 6.07) is 15.0. The minimum absolute atomic E-state index is 0.277. The lowest BCUT2D eigenvalue weighted by Gasteiger charge is -2.02. The maximum absolute atomic E-state index is 12.1. The van der Waals surface area contributed by atoms with E-state index in [1.807, 2.05) is 42.1 Å². The topological polar surface area (TPSA) is 55.6 Å². The minimum Gasteiger partial charge on any atom is -0.497 e. The number of nitrogens with one attached hydrogen (secondary N) is 1. The summed E-state index contributed by atoms with van der Waals surface area (Å²) in [5, 5.41) is 5.15. The van der Waals surface area contributed by atoms with Crippen molar-refractivity contribution in [1.82, 2.24) is 9.99 Å². The molecule has 1 heterocycles. The highest BCUT2D eigenvalue weighted by Gasteiger charge is 2.06. The molecule has 0 saturated heterocycles. The Bertz CT molecular complexity index is 881. The van der Waals surface area contributed by atoms with Crippen LogP contribution in [0.1, 0.15) is 15.9 Å². The molecule has 0 bridgehead atoms. The monoisotopic (exact) mass is 307 g/mol. The molecule has 0 radical (unpaired) electrons. The van der Waals surface area contributed by atoms with Crippen molar-refractivity contribution < 1.29 is 9.53 Å². The summed E-state index contributed by atoms with van der Waals surface area (Å²) in [5.41, 5.74) is 5.11. The molecule has 5 heteroatoms. The molecule has 2 aromatic carbocycles. The molecule has 1 amide bonds. The predicted molar refractivity (Wildman–Crippen MR) is 91.0 cm³/mol. The van der Waals surface area contributed by atoms with Crippen molar-refractivity contribution in [3.8, 4) is 5.75 Å². The van der Waals surface area contributed by atoms with E-state index in [0.717, 1.165) is 16.5 Å². The number of carbonyl (C=O) groups excluding carboxylic acids is 1. The second kappa shape index (κ2) is 6.36. The lowest BCUT2D eigenvalue weighted by Crippen LogP contribution is -2.17. The van der Waals surface area contributed by atoms with E-state index in [4.69, 9.17) is 4.74 Å². The van der Waals surface area contributed by atoms with Crippen LogP contribution in [0, 0.1) is 0 Å². The molecule has 5 nitrogen and oxygen atoms in total. The highest BCUT2D eigenvalue weighted by atomic mass is 16.5. The third-order valence-corrected chi connectivity index (χ3v) is 3.63. The van der Waals surface area contributed by atoms with Crippen LogP contribution in [0.25, 0.3) is 10.9 Å². The van der Waals surface area contributed by atoms with Crippen LogP contribution in [0.4, 0.5) is 0 Å². The second-order valence-corrected chi connectivity index (χ2v) is 5.14. The third-order valence-electron chi connectivity index (χ3n) is 3.63. The van der Waals surface area contributed by atoms with Crippen LogP contribution in [0.5, 0.6) is 5.75 Å². The van der Waals surface area contributed by atoms with Crippen molar-refractivity contribution in [3.63, 3.8) is 0 Å². The summed E-state index contributed by atoms with van der Waals surface area (Å²) in [6.45, 7) is 0. The van der Waals surface area contributed by atoms with Crippen LogP contribution < -0.4 is 10.2 Å². The van der Waals surface area contributed by atoms with Gasteiger partial charge in [0.15, 0.2) is 0 Å². The summed E-state index contributed by atoms with van der Waals surface area (Å²) >= 11 is 0. The van der Waals surface area contributed by atoms with Gasteiger partial charge in [0.25, 0.3) is 5.91 Å². The molecule has 1 aromatic heterocycles. The van der Waals surface area contributed by atoms with Gasteiger partial charge in [-0.1, -0.05) is 24.3 Å². The number of rotatable bonds is 4. The number of carbonyl (C=O) groups is 1. The van der Waals surface area contributed by atoms with Gasteiger partial charge in [-0.25, -0.2) is 5.43 Å². The van der Waals surface area contributed by atoms with E-state index in [9.17, 15) is 4.79 Å². The number of hydrazone groups is 1. The zero-order valence-electron chi connectivity index (χ0n) is 13.0. The average molecular weight is 307 g/mol. The van der Waals surface area contributed by atoms with E-state index < -0.39 is 0 Å². The zero-order valence-corrected chi connectivity index (χ0v) is 13.0. The van der Waals surface area contributed by atoms with E-state index in [1.54, 1.807) is 37.6 Å². The van der Waals surface area contributed by atoms with Gasteiger partial charge in [-0.2, -0.15) is 5.10 Å². The summed E-state index contributed by atoms with van der Waals surface area (Å²) in [6.07, 6.45) is 3.63. The van der Waals surface area contributed by atoms with Gasteiger partial charge in [-0.15, -0.1) is 0 Å². The standard InChI is InChI=1S/C18H17N3O2/c1-21-12-14(16-8-3-4-9-17(16)21)11-19-20-18(22)13-6-5-7-15(10-13)23-2/h3-12H,1-2H3,(H,20,22)/b19-11-. The molecule has 116 valence electrons. The number of aryl methyl sites for hydroxylation is 1. The molecule has 23 heavy (non-hydrogen) atoms. The SMILES string of the molecule is COc1cccc(C(=O)N/N=C\c2cn(C)c3ccccc23)c1. The van der Waals surface area contributed by atoms with Crippen molar-refractivity contribution in [2.24, 2.45) is 12.1 Å². The van der Waals surface area contributed by atoms with Crippen LogP contribution in [-0.4, -0.2) is 23.8 Å². The summed E-state index contributed by atoms with van der Waals surface area (Å²) in [5.74, 6) is 0.357. The molecule has 0 atom stereocenters. The predicted octanol–water partition coefficient (Wildman–Crippen LogP) is 2.95. The largest absolute Gasteiger partial charge is 0.497 e. The second-order valence-electron chi connectivity index (χ2n) is 5.14. The highest BCUT2D eigenvalue weighted by Crippen LogP contribution is 2.18. The lowest BCUT2D eigenvalue weighted by molar-refractivity contribution is 0.0955. The van der Waals surface area contributed by atoms with Crippen molar-refractivity contribution in [2.45, 2.75) is 0 Å². The number of ether oxygens (including phenoxy) is 1. The number of hydrogen-bond donors (Lipinski definition) is 1. The molecule has 0 aliphatic rings. The van der Waals surface area contributed by atoms with Gasteiger partial charge < -0.3 is 9.30 Å². The van der Waals surface area contributed by atoms with E-state index in [0.29, 0.717) is 11.3 Å². The van der Waals surface area contributed by atoms with Crippen molar-refractivity contribution in [1.29, 1.82) is 0 Å². The number of methoxy groups -OCH3 is 1. The van der Waals surface area contributed by atoms with Gasteiger partial charge in [-0.05, 0) is 24.3 Å². The maximum atomic E-state index is 12.1. The Morgan fingerprint density at radius 1 is 1.22 bits per heavy atom. The molecule has 0 aliphatic carbocycles. The smallest absolute Gasteiger partial charge is 0.271 e. The first-order chi connectivity index (χ1) is 11.2. The van der Waals surface area contributed by atoms with Gasteiger partial charge in [0.2, 0.25) is 0 Å². The van der Waals surface area contributed by atoms with Crippen LogP contribution in [0.2, 0.25) is 0 Å². The summed E-state index contributed by atoms with van der Waals surface area (Å²) in [7, 11) is 3.55. The van der Waals surface area contributed by atoms with Crippen LogP contribution >= 0.6 is 0 Å². The first-order valence-corrected chi connectivity index (χ1v) is 7.20. The Labute approximate surface area is 134 Å². The van der Waals surface area contributed by atoms with Crippen LogP contribution in [0.3, 0.4) is 0 Å². The Morgan fingerprint density at radius 3 is 2.87 bits per heavy atom. The number of fused-ring (bicyclic) bond motifs is 1. The molecular formula is C18H17N3O2. The molecular weight excluding hydrogens is 290 g/mol. The van der Waals surface area contributed by atoms with Gasteiger partial charge in [0.1, 0.15) is 5.75 Å². The average Bonchev–Trinajstić information content (AvgIpc) is 2.91. The van der Waals surface area contributed by atoms with E-state index >= 15 is 0 Å². The number of para-hydroxylation sites is 1. The van der Waals surface area contributed by atoms with Gasteiger partial charge in [0.05, 0.1) is 13.3 Å². The molecule has 0 spiro atoms. The fourth-order valence-corrected chi connectivity index (χ4v) is 2.47. The van der Waals surface area contributed by atoms with E-state index in [-0.39, 0.29) is 5.91 Å². The van der Waals surface area contributed by atoms with Crippen LogP contribution in [-0.2, 0) is 7.05 Å². The third kappa shape index (κ3) is 3.08. The number of nitrogens with zero attached hydrogens (tertiary/aromatic N) is 2. The van der Waals surface area contributed by atoms with Crippen molar-refractivity contribution in [3.05, 3.63) is 65.9 Å². The highest BCUT2D eigenvalue weighted by molar-refractivity contribution is 6.00. The molecule has 1 N–H and O–H groups in total. The normalized spacial score (nSPS) is 11.0. The van der Waals surface area contributed by atoms with Crippen molar-refractivity contribution in [2.75, 3.05) is 7.11 Å². The fourth-order valence-electron chi connectivity index (χ4n) is 2.47. The fraction of sp³-hybridized carbons (Fsp3) is 0.111. The zero-order chi connectivity index (χ0) is 16.2. The number of amides is 1. The van der Waals surface area contributed by atoms with Crippen LogP contribution in [0.15, 0.2) is 59.8 Å². The lowest BCUT2D eigenvalue weighted by atomic mass is 10.2. The Kier molecular flexibility index (Phi) is 4.10. The first-order valence-electron chi connectivity index (χ1n) is 7.20. The molecule has 0 aliphatic heterocycles. The Morgan fingerprint density at radius 2 is 2.04 bits per heavy atom. The van der Waals surface area contributed by atoms with Gasteiger partial charge in [-0.3, -0.25) is 4.79 Å². The number of hydrogen-bond acceptors (Lipinski definition) is 3. The molecule has 3 rings (SSSR count). The number of aromatic nitrogens is 1. The molecule has 0 unspecified atom stereocenters.